The van der Waals surface area contributed by atoms with Crippen molar-refractivity contribution in [2.24, 2.45) is 0 Å². The Balaban J connectivity index is 1.55. The van der Waals surface area contributed by atoms with Crippen LogP contribution in [0.25, 0.3) is 5.70 Å². The molecule has 3 nitrogen and oxygen atoms in total. The summed E-state index contributed by atoms with van der Waals surface area (Å²) in [5.41, 5.74) is 6.87. The molecule has 0 saturated heterocycles. The molecule has 3 aromatic rings. The van der Waals surface area contributed by atoms with Crippen LogP contribution in [0.3, 0.4) is 0 Å². The van der Waals surface area contributed by atoms with E-state index in [4.69, 9.17) is 4.43 Å². The van der Waals surface area contributed by atoms with Crippen LogP contribution in [0.4, 0.5) is 5.69 Å². The lowest BCUT2D eigenvalue weighted by Gasteiger charge is -2.36. The van der Waals surface area contributed by atoms with Crippen molar-refractivity contribution in [2.75, 3.05) is 5.32 Å². The Kier molecular flexibility index (Phi) is 5.83. The molecule has 1 aliphatic heterocycles. The number of carbonyl (C=O) groups excluding carboxylic acids is 1. The minimum absolute atomic E-state index is 0.0983. The number of benzene rings is 3. The molecule has 0 saturated carbocycles. The van der Waals surface area contributed by atoms with Gasteiger partial charge in [-0.2, -0.15) is 0 Å². The molecule has 34 heavy (non-hydrogen) atoms. The number of Topliss-reactive ketones (excluding diaryl/α,β-unsaturated/α-hetero) is 1. The largest absolute Gasteiger partial charge is 0.413 e. The van der Waals surface area contributed by atoms with Gasteiger partial charge in [0.15, 0.2) is 14.1 Å². The normalized spacial score (nSPS) is 17.6. The summed E-state index contributed by atoms with van der Waals surface area (Å²) in [4.78, 5) is 14.8. The average molecular weight is 486 g/mol. The number of rotatable bonds is 4. The van der Waals surface area contributed by atoms with Crippen molar-refractivity contribution in [3.05, 3.63) is 101 Å². The molecular weight excluding hydrogens is 454 g/mol. The van der Waals surface area contributed by atoms with E-state index in [-0.39, 0.29) is 16.1 Å². The van der Waals surface area contributed by atoms with Crippen LogP contribution < -0.4 is 5.32 Å². The first-order valence-electron chi connectivity index (χ1n) is 11.8. The van der Waals surface area contributed by atoms with E-state index in [0.29, 0.717) is 6.61 Å². The number of hydrogen-bond acceptors (Lipinski definition) is 4. The van der Waals surface area contributed by atoms with Gasteiger partial charge < -0.3 is 9.74 Å². The maximum absolute atomic E-state index is 13.6. The summed E-state index contributed by atoms with van der Waals surface area (Å²) in [6.07, 6.45) is 0. The van der Waals surface area contributed by atoms with Gasteiger partial charge in [-0.25, -0.2) is 0 Å². The third kappa shape index (κ3) is 4.06. The number of carbonyl (C=O) groups is 1. The third-order valence-electron chi connectivity index (χ3n) is 7.27. The van der Waals surface area contributed by atoms with E-state index in [1.807, 2.05) is 30.3 Å². The monoisotopic (exact) mass is 485 g/mol. The highest BCUT2D eigenvalue weighted by molar-refractivity contribution is 8.00. The molecule has 1 N–H and O–H groups in total. The Hall–Kier alpha value is -2.60. The first kappa shape index (κ1) is 23.2. The van der Waals surface area contributed by atoms with Gasteiger partial charge in [0.25, 0.3) is 0 Å². The maximum Gasteiger partial charge on any atom is 0.193 e. The van der Waals surface area contributed by atoms with Crippen LogP contribution >= 0.6 is 11.8 Å². The molecular formula is C29H31NO2SSi. The molecule has 1 unspecified atom stereocenters. The quantitative estimate of drug-likeness (QED) is 0.379. The summed E-state index contributed by atoms with van der Waals surface area (Å²) in [6, 6.07) is 24.8. The Morgan fingerprint density at radius 1 is 0.941 bits per heavy atom. The number of nitrogens with one attached hydrogen (secondary N) is 1. The summed E-state index contributed by atoms with van der Waals surface area (Å²) in [6.45, 7) is 12.0. The van der Waals surface area contributed by atoms with Gasteiger partial charge in [0.2, 0.25) is 0 Å². The molecule has 2 aliphatic rings. The second kappa shape index (κ2) is 8.56. The van der Waals surface area contributed by atoms with Gasteiger partial charge in [-0.15, -0.1) is 11.8 Å². The first-order chi connectivity index (χ1) is 16.2. The highest BCUT2D eigenvalue weighted by Crippen LogP contribution is 2.52. The highest BCUT2D eigenvalue weighted by Gasteiger charge is 2.39. The van der Waals surface area contributed by atoms with Crippen LogP contribution in [0.2, 0.25) is 18.1 Å². The van der Waals surface area contributed by atoms with Crippen molar-refractivity contribution in [1.82, 2.24) is 0 Å². The molecule has 0 fully saturated rings. The fourth-order valence-corrected chi connectivity index (χ4v) is 6.48. The summed E-state index contributed by atoms with van der Waals surface area (Å²) in [7, 11) is -1.85. The predicted octanol–water partition coefficient (Wildman–Crippen LogP) is 8.07. The Morgan fingerprint density at radius 2 is 1.65 bits per heavy atom. The van der Waals surface area contributed by atoms with Crippen LogP contribution in [0.15, 0.2) is 83.3 Å². The molecule has 0 aromatic heterocycles. The van der Waals surface area contributed by atoms with Crippen molar-refractivity contribution in [2.45, 2.75) is 55.7 Å². The number of anilines is 1. The van der Waals surface area contributed by atoms with E-state index >= 15 is 0 Å². The number of ketones is 1. The molecule has 5 rings (SSSR count). The zero-order valence-electron chi connectivity index (χ0n) is 20.4. The molecule has 0 bridgehead atoms. The predicted molar refractivity (Wildman–Crippen MR) is 145 cm³/mol. The topological polar surface area (TPSA) is 38.3 Å². The molecule has 174 valence electrons. The minimum atomic E-state index is -1.85. The van der Waals surface area contributed by atoms with E-state index in [0.717, 1.165) is 44.1 Å². The van der Waals surface area contributed by atoms with Gasteiger partial charge in [0.1, 0.15) is 0 Å². The van der Waals surface area contributed by atoms with Crippen LogP contribution in [0, 0.1) is 0 Å². The van der Waals surface area contributed by atoms with E-state index in [1.165, 1.54) is 0 Å². The average Bonchev–Trinajstić information content (AvgIpc) is 2.97. The summed E-state index contributed by atoms with van der Waals surface area (Å²) < 4.78 is 6.50. The van der Waals surface area contributed by atoms with Gasteiger partial charge in [-0.1, -0.05) is 81.4 Å². The first-order valence-corrected chi connectivity index (χ1v) is 15.6. The molecule has 5 heteroatoms. The maximum atomic E-state index is 13.6. The van der Waals surface area contributed by atoms with E-state index < -0.39 is 8.32 Å². The molecule has 1 aliphatic carbocycles. The zero-order valence-corrected chi connectivity index (χ0v) is 22.3. The Labute approximate surface area is 207 Å². The van der Waals surface area contributed by atoms with Gasteiger partial charge >= 0.3 is 0 Å². The number of fused-ring (bicyclic) bond motifs is 3. The summed E-state index contributed by atoms with van der Waals surface area (Å²) >= 11 is 1.74. The van der Waals surface area contributed by atoms with Crippen LogP contribution in [-0.4, -0.2) is 14.1 Å². The number of thioether (sulfide) groups is 1. The molecule has 1 heterocycles. The lowest BCUT2D eigenvalue weighted by molar-refractivity contribution is 0.103. The van der Waals surface area contributed by atoms with Crippen molar-refractivity contribution < 1.29 is 9.22 Å². The van der Waals surface area contributed by atoms with Gasteiger partial charge in [-0.3, -0.25) is 4.79 Å². The van der Waals surface area contributed by atoms with Crippen molar-refractivity contribution in [1.29, 1.82) is 0 Å². The molecule has 0 spiro atoms. The van der Waals surface area contributed by atoms with E-state index in [9.17, 15) is 4.79 Å². The molecule has 3 aromatic carbocycles. The fraction of sp³-hybridized carbons (Fsp3) is 0.276. The van der Waals surface area contributed by atoms with Crippen LogP contribution in [-0.2, 0) is 11.0 Å². The van der Waals surface area contributed by atoms with Crippen molar-refractivity contribution in [3.63, 3.8) is 0 Å². The lowest BCUT2D eigenvalue weighted by Crippen LogP contribution is -2.40. The summed E-state index contributed by atoms with van der Waals surface area (Å²) in [5.74, 6) is 0.117. The standard InChI is InChI=1S/C29H31NO2SSi/c1-29(2,3)34(4,5)32-18-19-11-10-12-20(17-19)28-25-26(21-13-6-7-14-22(21)27(25)31)30-23-15-8-9-16-24(23)33-28/h6-17,28,30H,18H2,1-5H3. The number of hydrogen-bond donors (Lipinski definition) is 1. The van der Waals surface area contributed by atoms with E-state index in [2.05, 4.69) is 81.6 Å². The fourth-order valence-electron chi connectivity index (χ4n) is 4.24. The molecule has 0 amide bonds. The lowest BCUT2D eigenvalue weighted by atomic mass is 9.99. The smallest absolute Gasteiger partial charge is 0.193 e. The minimum Gasteiger partial charge on any atom is -0.413 e. The van der Waals surface area contributed by atoms with Gasteiger partial charge in [0, 0.05) is 21.6 Å². The van der Waals surface area contributed by atoms with E-state index in [1.54, 1.807) is 11.8 Å². The number of para-hydroxylation sites is 1. The second-order valence-corrected chi connectivity index (χ2v) is 16.5. The Morgan fingerprint density at radius 3 is 2.41 bits per heavy atom. The van der Waals surface area contributed by atoms with Crippen molar-refractivity contribution in [3.8, 4) is 0 Å². The van der Waals surface area contributed by atoms with Crippen LogP contribution in [0.1, 0.15) is 53.1 Å². The van der Waals surface area contributed by atoms with Crippen LogP contribution in [0.5, 0.6) is 0 Å². The molecule has 0 radical (unpaired) electrons. The zero-order chi connectivity index (χ0) is 24.1. The third-order valence-corrected chi connectivity index (χ3v) is 13.1. The SMILES string of the molecule is CC(C)(C)[Si](C)(C)OCc1cccc(C2Sc3ccccc3NC3=C2C(=O)c2ccccc23)c1. The summed E-state index contributed by atoms with van der Waals surface area (Å²) in [5, 5.41) is 3.67. The second-order valence-electron chi connectivity index (χ2n) is 10.6. The highest BCUT2D eigenvalue weighted by atomic mass is 32.2. The van der Waals surface area contributed by atoms with Gasteiger partial charge in [-0.05, 0) is 41.4 Å². The van der Waals surface area contributed by atoms with Gasteiger partial charge in [0.05, 0.1) is 23.2 Å². The molecule has 1 atom stereocenters. The Bertz CT molecular complexity index is 1310. The van der Waals surface area contributed by atoms with Crippen molar-refractivity contribution >= 4 is 37.2 Å².